The molecular formula is C18H29IN6OS. The molecule has 0 spiro atoms. The summed E-state index contributed by atoms with van der Waals surface area (Å²) in [6.07, 6.45) is 7.00. The number of hydrogen-bond acceptors (Lipinski definition) is 4. The van der Waals surface area contributed by atoms with Crippen molar-refractivity contribution in [1.82, 2.24) is 25.2 Å². The van der Waals surface area contributed by atoms with Crippen LogP contribution in [0.25, 0.3) is 5.65 Å². The Morgan fingerprint density at radius 2 is 2.22 bits per heavy atom. The van der Waals surface area contributed by atoms with Crippen molar-refractivity contribution in [2.75, 3.05) is 19.3 Å². The minimum atomic E-state index is -0.708. The fourth-order valence-corrected chi connectivity index (χ4v) is 4.84. The lowest BCUT2D eigenvalue weighted by Gasteiger charge is -2.30. The molecule has 0 radical (unpaired) electrons. The van der Waals surface area contributed by atoms with E-state index in [0.717, 1.165) is 61.8 Å². The molecular weight excluding hydrogens is 475 g/mol. The second-order valence-electron chi connectivity index (χ2n) is 6.59. The van der Waals surface area contributed by atoms with Gasteiger partial charge in [0, 0.05) is 54.1 Å². The van der Waals surface area contributed by atoms with Gasteiger partial charge in [-0.05, 0) is 31.4 Å². The lowest BCUT2D eigenvalue weighted by Crippen LogP contribution is -2.47. The van der Waals surface area contributed by atoms with E-state index in [4.69, 9.17) is 0 Å². The maximum atomic E-state index is 12.1. The van der Waals surface area contributed by atoms with Crippen LogP contribution in [0.4, 0.5) is 0 Å². The Balaban J connectivity index is 0.00000261. The number of halogens is 1. The molecule has 0 saturated heterocycles. The predicted octanol–water partition coefficient (Wildman–Crippen LogP) is 2.13. The van der Waals surface area contributed by atoms with Crippen LogP contribution in [-0.2, 0) is 17.2 Å². The van der Waals surface area contributed by atoms with Gasteiger partial charge >= 0.3 is 0 Å². The molecule has 1 aliphatic carbocycles. The van der Waals surface area contributed by atoms with Crippen LogP contribution in [0.5, 0.6) is 0 Å². The molecule has 150 valence electrons. The SMILES string of the molecule is CCS(=O)C1CCCC(NC(=NC)NCCc2nnc3ccccn23)C1.I. The normalized spacial score (nSPS) is 21.5. The van der Waals surface area contributed by atoms with E-state index in [1.807, 2.05) is 35.7 Å². The van der Waals surface area contributed by atoms with Crippen molar-refractivity contribution in [3.8, 4) is 0 Å². The molecule has 2 N–H and O–H groups in total. The number of guanidine groups is 1. The van der Waals surface area contributed by atoms with Gasteiger partial charge in [-0.15, -0.1) is 34.2 Å². The minimum Gasteiger partial charge on any atom is -0.356 e. The van der Waals surface area contributed by atoms with E-state index < -0.39 is 10.8 Å². The third-order valence-corrected chi connectivity index (χ3v) is 6.61. The summed E-state index contributed by atoms with van der Waals surface area (Å²) in [5, 5.41) is 15.6. The number of pyridine rings is 1. The summed E-state index contributed by atoms with van der Waals surface area (Å²) >= 11 is 0. The molecule has 3 atom stereocenters. The first-order valence-corrected chi connectivity index (χ1v) is 10.7. The van der Waals surface area contributed by atoms with E-state index >= 15 is 0 Å². The van der Waals surface area contributed by atoms with E-state index in [9.17, 15) is 4.21 Å². The monoisotopic (exact) mass is 504 g/mol. The highest BCUT2D eigenvalue weighted by Crippen LogP contribution is 2.22. The van der Waals surface area contributed by atoms with E-state index in [0.29, 0.717) is 11.3 Å². The van der Waals surface area contributed by atoms with Crippen molar-refractivity contribution in [2.45, 2.75) is 50.3 Å². The Hall–Kier alpha value is -1.23. The van der Waals surface area contributed by atoms with Gasteiger partial charge in [-0.25, -0.2) is 0 Å². The number of nitrogens with one attached hydrogen (secondary N) is 2. The first kappa shape index (κ1) is 22.1. The zero-order valence-corrected chi connectivity index (χ0v) is 19.1. The van der Waals surface area contributed by atoms with Gasteiger partial charge in [-0.3, -0.25) is 13.6 Å². The molecule has 3 unspecified atom stereocenters. The van der Waals surface area contributed by atoms with Gasteiger partial charge in [0.1, 0.15) is 5.82 Å². The third-order valence-electron chi connectivity index (χ3n) is 4.87. The molecule has 2 aromatic heterocycles. The van der Waals surface area contributed by atoms with E-state index in [2.05, 4.69) is 25.8 Å². The highest BCUT2D eigenvalue weighted by molar-refractivity contribution is 14.0. The van der Waals surface area contributed by atoms with Crippen molar-refractivity contribution in [2.24, 2.45) is 4.99 Å². The molecule has 0 aromatic carbocycles. The molecule has 2 aromatic rings. The van der Waals surface area contributed by atoms with E-state index in [1.54, 1.807) is 7.05 Å². The molecule has 1 aliphatic rings. The van der Waals surface area contributed by atoms with Crippen molar-refractivity contribution in [1.29, 1.82) is 0 Å². The number of fused-ring (bicyclic) bond motifs is 1. The summed E-state index contributed by atoms with van der Waals surface area (Å²) < 4.78 is 14.1. The minimum absolute atomic E-state index is 0. The third kappa shape index (κ3) is 5.87. The van der Waals surface area contributed by atoms with Crippen molar-refractivity contribution < 1.29 is 4.21 Å². The fourth-order valence-electron chi connectivity index (χ4n) is 3.49. The summed E-state index contributed by atoms with van der Waals surface area (Å²) in [5.41, 5.74) is 0.863. The second-order valence-corrected chi connectivity index (χ2v) is 8.60. The number of rotatable bonds is 6. The van der Waals surface area contributed by atoms with Gasteiger partial charge < -0.3 is 10.6 Å². The van der Waals surface area contributed by atoms with Crippen molar-refractivity contribution >= 4 is 46.4 Å². The lowest BCUT2D eigenvalue weighted by molar-refractivity contribution is 0.413. The molecule has 0 bridgehead atoms. The van der Waals surface area contributed by atoms with Gasteiger partial charge in [-0.1, -0.05) is 19.4 Å². The zero-order chi connectivity index (χ0) is 18.4. The fraction of sp³-hybridized carbons (Fsp3) is 0.611. The van der Waals surface area contributed by atoms with Gasteiger partial charge in [-0.2, -0.15) is 0 Å². The molecule has 27 heavy (non-hydrogen) atoms. The predicted molar refractivity (Wildman–Crippen MR) is 121 cm³/mol. The van der Waals surface area contributed by atoms with E-state index in [1.165, 1.54) is 0 Å². The molecule has 1 saturated carbocycles. The average Bonchev–Trinajstić information content (AvgIpc) is 3.10. The van der Waals surface area contributed by atoms with Crippen LogP contribution < -0.4 is 10.6 Å². The quantitative estimate of drug-likeness (QED) is 0.358. The first-order chi connectivity index (χ1) is 12.7. The van der Waals surface area contributed by atoms with Crippen LogP contribution in [0.15, 0.2) is 29.4 Å². The Kier molecular flexibility index (Phi) is 8.94. The van der Waals surface area contributed by atoms with Gasteiger partial charge in [0.25, 0.3) is 0 Å². The maximum Gasteiger partial charge on any atom is 0.191 e. The Morgan fingerprint density at radius 3 is 3.00 bits per heavy atom. The van der Waals surface area contributed by atoms with Crippen molar-refractivity contribution in [3.63, 3.8) is 0 Å². The standard InChI is InChI=1S/C18H28N6OS.HI/c1-3-26(25)15-8-6-7-14(13-15)21-18(19-2)20-11-10-17-23-22-16-9-4-5-12-24(16)17;/h4-5,9,12,14-15H,3,6-8,10-11,13H2,1-2H3,(H2,19,20,21);1H. The summed E-state index contributed by atoms with van der Waals surface area (Å²) in [6, 6.07) is 6.22. The van der Waals surface area contributed by atoms with Crippen LogP contribution in [0.1, 0.15) is 38.4 Å². The summed E-state index contributed by atoms with van der Waals surface area (Å²) in [5.74, 6) is 2.47. The first-order valence-electron chi connectivity index (χ1n) is 9.34. The van der Waals surface area contributed by atoms with Gasteiger partial charge in [0.05, 0.1) is 0 Å². The molecule has 2 heterocycles. The number of aliphatic imine (C=N–C) groups is 1. The van der Waals surface area contributed by atoms with Crippen molar-refractivity contribution in [3.05, 3.63) is 30.2 Å². The summed E-state index contributed by atoms with van der Waals surface area (Å²) in [6.45, 7) is 2.73. The molecule has 0 amide bonds. The molecule has 3 rings (SSSR count). The average molecular weight is 504 g/mol. The molecule has 0 aliphatic heterocycles. The van der Waals surface area contributed by atoms with Crippen LogP contribution in [0.2, 0.25) is 0 Å². The second kappa shape index (κ2) is 10.9. The van der Waals surface area contributed by atoms with Crippen LogP contribution in [-0.4, -0.2) is 55.4 Å². The topological polar surface area (TPSA) is 83.7 Å². The van der Waals surface area contributed by atoms with Crippen LogP contribution in [0, 0.1) is 0 Å². The number of aromatic nitrogens is 3. The zero-order valence-electron chi connectivity index (χ0n) is 15.9. The van der Waals surface area contributed by atoms with Crippen LogP contribution in [0.3, 0.4) is 0 Å². The Labute approximate surface area is 180 Å². The van der Waals surface area contributed by atoms with Gasteiger partial charge in [0.2, 0.25) is 0 Å². The smallest absolute Gasteiger partial charge is 0.191 e. The summed E-state index contributed by atoms with van der Waals surface area (Å²) in [4.78, 5) is 4.33. The maximum absolute atomic E-state index is 12.1. The lowest BCUT2D eigenvalue weighted by atomic mass is 9.95. The number of hydrogen-bond donors (Lipinski definition) is 2. The number of nitrogens with zero attached hydrogens (tertiary/aromatic N) is 4. The van der Waals surface area contributed by atoms with E-state index in [-0.39, 0.29) is 24.0 Å². The molecule has 1 fully saturated rings. The van der Waals surface area contributed by atoms with Gasteiger partial charge in [0.15, 0.2) is 11.6 Å². The Bertz CT molecular complexity index is 780. The summed E-state index contributed by atoms with van der Waals surface area (Å²) in [7, 11) is 1.08. The van der Waals surface area contributed by atoms with Crippen LogP contribution >= 0.6 is 24.0 Å². The molecule has 7 nitrogen and oxygen atoms in total. The highest BCUT2D eigenvalue weighted by atomic mass is 127. The largest absolute Gasteiger partial charge is 0.356 e. The Morgan fingerprint density at radius 1 is 1.37 bits per heavy atom. The highest BCUT2D eigenvalue weighted by Gasteiger charge is 2.26. The molecule has 9 heteroatoms.